The summed E-state index contributed by atoms with van der Waals surface area (Å²) in [6, 6.07) is 13.5. The Bertz CT molecular complexity index is 821. The van der Waals surface area contributed by atoms with Crippen LogP contribution in [0.4, 0.5) is 10.5 Å². The van der Waals surface area contributed by atoms with Gasteiger partial charge in [0.2, 0.25) is 0 Å². The average molecular weight is 497 g/mol. The fourth-order valence-electron chi connectivity index (χ4n) is 4.53. The molecule has 0 atom stereocenters. The zero-order chi connectivity index (χ0) is 25.8. The number of hydrogen-bond donors (Lipinski definition) is 2. The second-order valence-corrected chi connectivity index (χ2v) is 9.88. The van der Waals surface area contributed by atoms with Gasteiger partial charge in [0.1, 0.15) is 17.2 Å². The van der Waals surface area contributed by atoms with Crippen LogP contribution in [-0.4, -0.2) is 17.7 Å². The first-order chi connectivity index (χ1) is 17.6. The lowest BCUT2D eigenvalue weighted by Crippen LogP contribution is -2.36. The van der Waals surface area contributed by atoms with Crippen LogP contribution >= 0.6 is 0 Å². The molecule has 0 aromatic heterocycles. The number of nitrogens with two attached hydrogens (primary N) is 1. The summed E-state index contributed by atoms with van der Waals surface area (Å²) in [5.41, 5.74) is 6.42. The Kier molecular flexibility index (Phi) is 15.2. The monoisotopic (exact) mass is 496 g/mol. The van der Waals surface area contributed by atoms with Crippen LogP contribution in [0.25, 0.3) is 0 Å². The summed E-state index contributed by atoms with van der Waals surface area (Å²) in [6.07, 6.45) is 21.2. The lowest BCUT2D eigenvalue weighted by molar-refractivity contribution is 0.253. The van der Waals surface area contributed by atoms with E-state index in [9.17, 15) is 9.90 Å². The van der Waals surface area contributed by atoms with Gasteiger partial charge in [0, 0.05) is 12.2 Å². The van der Waals surface area contributed by atoms with Gasteiger partial charge in [-0.3, -0.25) is 4.90 Å². The molecule has 2 amide bonds. The molecular weight excluding hydrogens is 448 g/mol. The van der Waals surface area contributed by atoms with Gasteiger partial charge in [0.25, 0.3) is 0 Å². The van der Waals surface area contributed by atoms with Crippen molar-refractivity contribution in [1.29, 1.82) is 0 Å². The van der Waals surface area contributed by atoms with E-state index >= 15 is 0 Å². The van der Waals surface area contributed by atoms with E-state index in [1.165, 1.54) is 89.9 Å². The number of phenols is 1. The number of unbranched alkanes of at least 4 members (excludes halogenated alkanes) is 15. The predicted octanol–water partition coefficient (Wildman–Crippen LogP) is 9.33. The van der Waals surface area contributed by atoms with Crippen molar-refractivity contribution in [2.75, 3.05) is 11.4 Å². The van der Waals surface area contributed by atoms with E-state index < -0.39 is 6.03 Å². The van der Waals surface area contributed by atoms with Crippen molar-refractivity contribution >= 4 is 11.7 Å². The summed E-state index contributed by atoms with van der Waals surface area (Å²) in [7, 11) is 0. The SMILES string of the molecule is CCCCCCCCCCCCCCCCCCN(C(N)=O)c1ccc(Oc2ccc(O)cc2)cc1. The van der Waals surface area contributed by atoms with Crippen molar-refractivity contribution in [3.05, 3.63) is 48.5 Å². The van der Waals surface area contributed by atoms with E-state index in [-0.39, 0.29) is 5.75 Å². The Balaban J connectivity index is 1.52. The highest BCUT2D eigenvalue weighted by molar-refractivity contribution is 5.90. The molecule has 2 aromatic carbocycles. The van der Waals surface area contributed by atoms with E-state index in [1.807, 2.05) is 24.3 Å². The van der Waals surface area contributed by atoms with Gasteiger partial charge in [0.05, 0.1) is 0 Å². The molecule has 0 spiro atoms. The number of primary amides is 1. The Morgan fingerprint density at radius 1 is 0.667 bits per heavy atom. The summed E-state index contributed by atoms with van der Waals surface area (Å²) < 4.78 is 5.78. The number of phenolic OH excluding ortho intramolecular Hbond substituents is 1. The highest BCUT2D eigenvalue weighted by Crippen LogP contribution is 2.26. The maximum absolute atomic E-state index is 12.0. The molecule has 0 fully saturated rings. The van der Waals surface area contributed by atoms with E-state index in [4.69, 9.17) is 10.5 Å². The molecule has 0 bridgehead atoms. The van der Waals surface area contributed by atoms with Crippen LogP contribution in [0.5, 0.6) is 17.2 Å². The molecule has 0 saturated carbocycles. The van der Waals surface area contributed by atoms with Crippen molar-refractivity contribution in [3.8, 4) is 17.2 Å². The summed E-state index contributed by atoms with van der Waals surface area (Å²) in [6.45, 7) is 2.91. The van der Waals surface area contributed by atoms with Crippen molar-refractivity contribution in [1.82, 2.24) is 0 Å². The van der Waals surface area contributed by atoms with Crippen LogP contribution < -0.4 is 15.4 Å². The smallest absolute Gasteiger partial charge is 0.319 e. The summed E-state index contributed by atoms with van der Waals surface area (Å²) >= 11 is 0. The van der Waals surface area contributed by atoms with E-state index in [0.717, 1.165) is 18.5 Å². The number of urea groups is 1. The van der Waals surface area contributed by atoms with Gasteiger partial charge in [0.15, 0.2) is 0 Å². The minimum atomic E-state index is -0.428. The number of anilines is 1. The van der Waals surface area contributed by atoms with Gasteiger partial charge in [-0.25, -0.2) is 4.79 Å². The number of nitrogens with zero attached hydrogens (tertiary/aromatic N) is 1. The largest absolute Gasteiger partial charge is 0.508 e. The summed E-state index contributed by atoms with van der Waals surface area (Å²) in [5.74, 6) is 1.50. The molecule has 0 aliphatic carbocycles. The topological polar surface area (TPSA) is 75.8 Å². The summed E-state index contributed by atoms with van der Waals surface area (Å²) in [4.78, 5) is 13.6. The minimum Gasteiger partial charge on any atom is -0.508 e. The van der Waals surface area contributed by atoms with E-state index in [0.29, 0.717) is 18.0 Å². The molecule has 3 N–H and O–H groups in total. The first-order valence-corrected chi connectivity index (χ1v) is 14.2. The third-order valence-corrected chi connectivity index (χ3v) is 6.72. The maximum atomic E-state index is 12.0. The van der Waals surface area contributed by atoms with Crippen LogP contribution in [0.3, 0.4) is 0 Å². The molecule has 0 aliphatic rings. The highest BCUT2D eigenvalue weighted by Gasteiger charge is 2.12. The quantitative estimate of drug-likeness (QED) is 0.179. The molecule has 5 nitrogen and oxygen atoms in total. The van der Waals surface area contributed by atoms with Crippen LogP contribution in [-0.2, 0) is 0 Å². The van der Waals surface area contributed by atoms with E-state index in [1.54, 1.807) is 29.2 Å². The van der Waals surface area contributed by atoms with Gasteiger partial charge in [-0.15, -0.1) is 0 Å². The van der Waals surface area contributed by atoms with Gasteiger partial charge in [-0.1, -0.05) is 103 Å². The number of hydrogen-bond acceptors (Lipinski definition) is 3. The van der Waals surface area contributed by atoms with Crippen molar-refractivity contribution in [2.24, 2.45) is 5.73 Å². The molecule has 0 heterocycles. The fourth-order valence-corrected chi connectivity index (χ4v) is 4.53. The first-order valence-electron chi connectivity index (χ1n) is 14.2. The zero-order valence-corrected chi connectivity index (χ0v) is 22.4. The molecule has 0 radical (unpaired) electrons. The van der Waals surface area contributed by atoms with Gasteiger partial charge >= 0.3 is 6.03 Å². The molecular formula is C31H48N2O3. The second kappa shape index (κ2) is 18.6. The van der Waals surface area contributed by atoms with Crippen molar-refractivity contribution in [2.45, 2.75) is 110 Å². The zero-order valence-electron chi connectivity index (χ0n) is 22.4. The van der Waals surface area contributed by atoms with Gasteiger partial charge < -0.3 is 15.6 Å². The van der Waals surface area contributed by atoms with Gasteiger partial charge in [-0.2, -0.15) is 0 Å². The number of aromatic hydroxyl groups is 1. The van der Waals surface area contributed by atoms with Crippen LogP contribution in [0, 0.1) is 0 Å². The molecule has 0 aliphatic heterocycles. The third-order valence-electron chi connectivity index (χ3n) is 6.72. The normalized spacial score (nSPS) is 10.9. The molecule has 0 saturated heterocycles. The molecule has 2 rings (SSSR count). The van der Waals surface area contributed by atoms with Gasteiger partial charge in [-0.05, 0) is 55.0 Å². The number of benzene rings is 2. The standard InChI is InChI=1S/C31H48N2O3/c1-2-3-4-5-6-7-8-9-10-11-12-13-14-15-16-17-26-33(31(32)35)27-18-22-29(23-19-27)36-30-24-20-28(34)21-25-30/h18-25,34H,2-17,26H2,1H3,(H2,32,35). The fraction of sp³-hybridized carbons (Fsp3) is 0.581. The molecule has 5 heteroatoms. The third kappa shape index (κ3) is 12.9. The molecule has 2 aromatic rings. The first kappa shape index (κ1) is 29.5. The van der Waals surface area contributed by atoms with Crippen LogP contribution in [0.15, 0.2) is 48.5 Å². The number of carbonyl (C=O) groups is 1. The number of carbonyl (C=O) groups excluding carboxylic acids is 1. The molecule has 200 valence electrons. The molecule has 0 unspecified atom stereocenters. The number of ether oxygens (including phenoxy) is 1. The van der Waals surface area contributed by atoms with Crippen LogP contribution in [0.1, 0.15) is 110 Å². The lowest BCUT2D eigenvalue weighted by Gasteiger charge is -2.21. The van der Waals surface area contributed by atoms with Crippen molar-refractivity contribution < 1.29 is 14.6 Å². The Hall–Kier alpha value is -2.69. The Morgan fingerprint density at radius 2 is 1.06 bits per heavy atom. The van der Waals surface area contributed by atoms with E-state index in [2.05, 4.69) is 6.92 Å². The van der Waals surface area contributed by atoms with Crippen molar-refractivity contribution in [3.63, 3.8) is 0 Å². The maximum Gasteiger partial charge on any atom is 0.319 e. The Labute approximate surface area is 219 Å². The highest BCUT2D eigenvalue weighted by atomic mass is 16.5. The minimum absolute atomic E-state index is 0.198. The predicted molar refractivity (Wildman–Crippen MR) is 151 cm³/mol. The summed E-state index contributed by atoms with van der Waals surface area (Å²) in [5, 5.41) is 9.38. The molecule has 36 heavy (non-hydrogen) atoms. The number of amides is 2. The second-order valence-electron chi connectivity index (χ2n) is 9.88. The average Bonchev–Trinajstić information content (AvgIpc) is 2.88. The Morgan fingerprint density at radius 3 is 1.47 bits per heavy atom. The van der Waals surface area contributed by atoms with Crippen LogP contribution in [0.2, 0.25) is 0 Å². The number of rotatable bonds is 20. The lowest BCUT2D eigenvalue weighted by atomic mass is 10.0.